The van der Waals surface area contributed by atoms with Gasteiger partial charge >= 0.3 is 0 Å². The van der Waals surface area contributed by atoms with Gasteiger partial charge in [-0.25, -0.2) is 4.68 Å². The van der Waals surface area contributed by atoms with Gasteiger partial charge in [-0.3, -0.25) is 4.79 Å². The highest BCUT2D eigenvalue weighted by Crippen LogP contribution is 2.38. The minimum atomic E-state index is -0.603. The third-order valence-corrected chi connectivity index (χ3v) is 5.13. The molecule has 28 heavy (non-hydrogen) atoms. The van der Waals surface area contributed by atoms with Gasteiger partial charge in [0, 0.05) is 10.2 Å². The molecular weight excluding hydrogens is 422 g/mol. The van der Waals surface area contributed by atoms with E-state index in [-0.39, 0.29) is 5.91 Å². The van der Waals surface area contributed by atoms with E-state index in [2.05, 4.69) is 43.2 Å². The zero-order valence-corrected chi connectivity index (χ0v) is 16.7. The number of amides is 1. The number of anilines is 2. The molecule has 8 heteroatoms. The van der Waals surface area contributed by atoms with Gasteiger partial charge in [0.05, 0.1) is 18.8 Å². The minimum absolute atomic E-state index is 0.215. The summed E-state index contributed by atoms with van der Waals surface area (Å²) in [7, 11) is 1.57. The summed E-state index contributed by atoms with van der Waals surface area (Å²) in [5.74, 6) is 0.323. The largest absolute Gasteiger partial charge is 0.495 e. The molecule has 0 fully saturated rings. The number of carbonyl (C=O) groups excluding carboxylic acids is 1. The van der Waals surface area contributed by atoms with E-state index in [9.17, 15) is 4.79 Å². The third kappa shape index (κ3) is 3.27. The van der Waals surface area contributed by atoms with Crippen molar-refractivity contribution in [3.05, 3.63) is 77.2 Å². The Balaban J connectivity index is 1.75. The molecule has 0 bridgehead atoms. The first-order valence-corrected chi connectivity index (χ1v) is 9.42. The van der Waals surface area contributed by atoms with E-state index in [0.717, 1.165) is 10.0 Å². The van der Waals surface area contributed by atoms with E-state index >= 15 is 0 Å². The maximum atomic E-state index is 13.3. The highest BCUT2D eigenvalue weighted by Gasteiger charge is 2.39. The molecule has 2 heterocycles. The first kappa shape index (κ1) is 18.2. The molecule has 2 atom stereocenters. The van der Waals surface area contributed by atoms with Crippen LogP contribution >= 0.6 is 15.9 Å². The fraction of sp³-hybridized carbons (Fsp3) is 0.150. The second-order valence-electron chi connectivity index (χ2n) is 6.35. The van der Waals surface area contributed by atoms with Gasteiger partial charge in [-0.15, -0.1) is 0 Å². The van der Waals surface area contributed by atoms with Crippen LogP contribution < -0.4 is 15.4 Å². The average Bonchev–Trinajstić information content (AvgIpc) is 3.15. The van der Waals surface area contributed by atoms with Crippen LogP contribution in [0.5, 0.6) is 5.75 Å². The summed E-state index contributed by atoms with van der Waals surface area (Å²) in [6.45, 7) is 4.08. The first-order valence-electron chi connectivity index (χ1n) is 8.63. The lowest BCUT2D eigenvalue weighted by molar-refractivity contribution is -0.119. The van der Waals surface area contributed by atoms with E-state index in [4.69, 9.17) is 4.74 Å². The molecule has 0 saturated heterocycles. The number of para-hydroxylation sites is 2. The molecule has 0 unspecified atom stereocenters. The van der Waals surface area contributed by atoms with E-state index in [1.54, 1.807) is 23.9 Å². The number of fused-ring (bicyclic) bond motifs is 1. The Morgan fingerprint density at radius 3 is 2.89 bits per heavy atom. The zero-order chi connectivity index (χ0) is 19.7. The van der Waals surface area contributed by atoms with Crippen molar-refractivity contribution in [1.29, 1.82) is 0 Å². The van der Waals surface area contributed by atoms with Crippen molar-refractivity contribution in [2.45, 2.75) is 6.04 Å². The van der Waals surface area contributed by atoms with E-state index in [1.165, 1.54) is 6.33 Å². The first-order chi connectivity index (χ1) is 13.6. The number of benzene rings is 2. The number of rotatable bonds is 4. The lowest BCUT2D eigenvalue weighted by Crippen LogP contribution is -2.39. The summed E-state index contributed by atoms with van der Waals surface area (Å²) < 4.78 is 7.97. The summed E-state index contributed by atoms with van der Waals surface area (Å²) in [6.07, 6.45) is 1.46. The van der Waals surface area contributed by atoms with Crippen LogP contribution in [0.1, 0.15) is 11.6 Å². The summed E-state index contributed by atoms with van der Waals surface area (Å²) >= 11 is 3.50. The number of ether oxygens (including phenoxy) is 1. The average molecular weight is 440 g/mol. The summed E-state index contributed by atoms with van der Waals surface area (Å²) in [5.41, 5.74) is 2.07. The quantitative estimate of drug-likeness (QED) is 0.645. The molecule has 4 rings (SSSR count). The molecule has 1 aromatic heterocycles. The van der Waals surface area contributed by atoms with Crippen molar-refractivity contribution < 1.29 is 9.53 Å². The van der Waals surface area contributed by atoms with Crippen LogP contribution in [0.15, 0.2) is 71.6 Å². The summed E-state index contributed by atoms with van der Waals surface area (Å²) in [4.78, 5) is 17.5. The Morgan fingerprint density at radius 1 is 1.29 bits per heavy atom. The topological polar surface area (TPSA) is 81.1 Å². The van der Waals surface area contributed by atoms with Gasteiger partial charge in [-0.05, 0) is 29.8 Å². The molecule has 0 radical (unpaired) electrons. The van der Waals surface area contributed by atoms with Crippen LogP contribution in [0.4, 0.5) is 11.6 Å². The van der Waals surface area contributed by atoms with E-state index in [0.29, 0.717) is 23.1 Å². The lowest BCUT2D eigenvalue weighted by Gasteiger charge is -2.34. The molecular formula is C20H18BrN5O2. The Kier molecular flexibility index (Phi) is 4.87. The molecule has 2 aromatic carbocycles. The molecule has 3 aromatic rings. The summed E-state index contributed by atoms with van der Waals surface area (Å²) in [6, 6.07) is 14.7. The van der Waals surface area contributed by atoms with E-state index in [1.807, 2.05) is 36.4 Å². The number of methoxy groups -OCH3 is 1. The predicted octanol–water partition coefficient (Wildman–Crippen LogP) is 3.83. The maximum Gasteiger partial charge on any atom is 0.236 e. The zero-order valence-electron chi connectivity index (χ0n) is 15.1. The number of hydrogen-bond donors (Lipinski definition) is 2. The van der Waals surface area contributed by atoms with Gasteiger partial charge in [-0.2, -0.15) is 10.1 Å². The van der Waals surface area contributed by atoms with Crippen LogP contribution in [0.2, 0.25) is 0 Å². The van der Waals surface area contributed by atoms with Crippen LogP contribution in [0.25, 0.3) is 0 Å². The third-order valence-electron chi connectivity index (χ3n) is 4.64. The fourth-order valence-corrected chi connectivity index (χ4v) is 3.80. The Bertz CT molecular complexity index is 1050. The summed E-state index contributed by atoms with van der Waals surface area (Å²) in [5, 5.41) is 10.4. The molecule has 1 aliphatic rings. The van der Waals surface area contributed by atoms with Crippen molar-refractivity contribution in [2.24, 2.45) is 5.92 Å². The predicted molar refractivity (Wildman–Crippen MR) is 110 cm³/mol. The molecule has 1 aliphatic heterocycles. The SMILES string of the molecule is C=C1Nc2ncnn2[C@H](c2cccc(Br)c2)[C@@H]1C(=O)Nc1ccccc1OC. The van der Waals surface area contributed by atoms with Crippen molar-refractivity contribution >= 4 is 33.5 Å². The van der Waals surface area contributed by atoms with E-state index < -0.39 is 12.0 Å². The normalized spacial score (nSPS) is 18.1. The maximum absolute atomic E-state index is 13.3. The second kappa shape index (κ2) is 7.47. The van der Waals surface area contributed by atoms with Gasteiger partial charge < -0.3 is 15.4 Å². The highest BCUT2D eigenvalue weighted by atomic mass is 79.9. The minimum Gasteiger partial charge on any atom is -0.495 e. The van der Waals surface area contributed by atoms with Crippen LogP contribution in [-0.2, 0) is 4.79 Å². The highest BCUT2D eigenvalue weighted by molar-refractivity contribution is 9.10. The Hall–Kier alpha value is -3.13. The Labute approximate surface area is 170 Å². The number of halogens is 1. The van der Waals surface area contributed by atoms with Crippen molar-refractivity contribution in [1.82, 2.24) is 14.8 Å². The van der Waals surface area contributed by atoms with Crippen molar-refractivity contribution in [3.63, 3.8) is 0 Å². The molecule has 0 saturated carbocycles. The van der Waals surface area contributed by atoms with Gasteiger partial charge in [0.15, 0.2) is 0 Å². The monoisotopic (exact) mass is 439 g/mol. The standard InChI is InChI=1S/C20H18BrN5O2/c1-12-17(19(27)25-15-8-3-4-9-16(15)28-2)18(13-6-5-7-14(21)10-13)26-20(24-12)22-11-23-26/h3-11,17-18H,1H2,2H3,(H,25,27)(H,22,23,24)/t17-,18-/m1/s1. The van der Waals surface area contributed by atoms with Gasteiger partial charge in [0.2, 0.25) is 11.9 Å². The number of nitrogens with zero attached hydrogens (tertiary/aromatic N) is 3. The molecule has 1 amide bonds. The fourth-order valence-electron chi connectivity index (χ4n) is 3.38. The van der Waals surface area contributed by atoms with Crippen LogP contribution in [0, 0.1) is 5.92 Å². The smallest absolute Gasteiger partial charge is 0.236 e. The van der Waals surface area contributed by atoms with Crippen LogP contribution in [-0.4, -0.2) is 27.8 Å². The number of aromatic nitrogens is 3. The number of carbonyl (C=O) groups is 1. The Morgan fingerprint density at radius 2 is 2.11 bits per heavy atom. The molecule has 142 valence electrons. The van der Waals surface area contributed by atoms with Gasteiger partial charge in [0.1, 0.15) is 18.0 Å². The van der Waals surface area contributed by atoms with Crippen molar-refractivity contribution in [3.8, 4) is 5.75 Å². The lowest BCUT2D eigenvalue weighted by atomic mass is 9.88. The molecule has 7 nitrogen and oxygen atoms in total. The number of hydrogen-bond acceptors (Lipinski definition) is 5. The number of nitrogens with one attached hydrogen (secondary N) is 2. The molecule has 2 N–H and O–H groups in total. The molecule has 0 aliphatic carbocycles. The van der Waals surface area contributed by atoms with Gasteiger partial charge in [-0.1, -0.05) is 46.8 Å². The van der Waals surface area contributed by atoms with Crippen LogP contribution in [0.3, 0.4) is 0 Å². The van der Waals surface area contributed by atoms with Crippen molar-refractivity contribution in [2.75, 3.05) is 17.7 Å². The second-order valence-corrected chi connectivity index (χ2v) is 7.26. The van der Waals surface area contributed by atoms with Gasteiger partial charge in [0.25, 0.3) is 0 Å². The molecule has 0 spiro atoms.